The SMILES string of the molecule is COc1ccc(Cc2n[nH]c3cc(Sc4ccc(F)cc4)ccc23)cc1. The molecule has 0 saturated heterocycles. The first-order valence-electron chi connectivity index (χ1n) is 8.24. The van der Waals surface area contributed by atoms with Crippen LogP contribution in [0.5, 0.6) is 5.75 Å². The predicted molar refractivity (Wildman–Crippen MR) is 102 cm³/mol. The van der Waals surface area contributed by atoms with Crippen molar-refractivity contribution >= 4 is 22.7 Å². The average Bonchev–Trinajstić information content (AvgIpc) is 3.06. The van der Waals surface area contributed by atoms with Crippen LogP contribution < -0.4 is 4.74 Å². The van der Waals surface area contributed by atoms with E-state index >= 15 is 0 Å². The summed E-state index contributed by atoms with van der Waals surface area (Å²) in [7, 11) is 1.66. The van der Waals surface area contributed by atoms with Gasteiger partial charge in [-0.2, -0.15) is 5.10 Å². The van der Waals surface area contributed by atoms with E-state index in [0.717, 1.165) is 38.6 Å². The van der Waals surface area contributed by atoms with Crippen LogP contribution in [-0.4, -0.2) is 17.3 Å². The Bertz CT molecular complexity index is 1030. The predicted octanol–water partition coefficient (Wildman–Crippen LogP) is 5.45. The summed E-state index contributed by atoms with van der Waals surface area (Å²) in [6.45, 7) is 0. The third-order valence-corrected chi connectivity index (χ3v) is 5.19. The second kappa shape index (κ2) is 7.22. The van der Waals surface area contributed by atoms with Gasteiger partial charge in [0, 0.05) is 21.6 Å². The van der Waals surface area contributed by atoms with E-state index in [-0.39, 0.29) is 5.82 Å². The van der Waals surface area contributed by atoms with Crippen LogP contribution in [0.25, 0.3) is 10.9 Å². The highest BCUT2D eigenvalue weighted by Gasteiger charge is 2.08. The summed E-state index contributed by atoms with van der Waals surface area (Å²) >= 11 is 1.60. The molecule has 0 aliphatic carbocycles. The standard InChI is InChI=1S/C21H17FN2OS/c1-25-16-6-2-14(3-7-16)12-20-19-11-10-18(13-21(19)24-23-20)26-17-8-4-15(22)5-9-17/h2-11,13H,12H2,1H3,(H,23,24). The number of ether oxygens (including phenoxy) is 1. The van der Waals surface area contributed by atoms with Crippen molar-refractivity contribution in [1.82, 2.24) is 10.2 Å². The number of H-pyrrole nitrogens is 1. The molecular formula is C21H17FN2OS. The molecule has 26 heavy (non-hydrogen) atoms. The lowest BCUT2D eigenvalue weighted by atomic mass is 10.1. The minimum Gasteiger partial charge on any atom is -0.497 e. The number of rotatable bonds is 5. The molecule has 0 atom stereocenters. The smallest absolute Gasteiger partial charge is 0.123 e. The Balaban J connectivity index is 1.55. The monoisotopic (exact) mass is 364 g/mol. The molecule has 0 unspecified atom stereocenters. The number of nitrogens with zero attached hydrogens (tertiary/aromatic N) is 1. The van der Waals surface area contributed by atoms with Crippen LogP contribution in [0.15, 0.2) is 76.5 Å². The fourth-order valence-corrected chi connectivity index (χ4v) is 3.69. The lowest BCUT2D eigenvalue weighted by Crippen LogP contribution is -1.90. The van der Waals surface area contributed by atoms with Gasteiger partial charge in [-0.25, -0.2) is 4.39 Å². The summed E-state index contributed by atoms with van der Waals surface area (Å²) in [6, 6.07) is 20.8. The van der Waals surface area contributed by atoms with Crippen molar-refractivity contribution in [2.24, 2.45) is 0 Å². The highest BCUT2D eigenvalue weighted by Crippen LogP contribution is 2.31. The molecular weight excluding hydrogens is 347 g/mol. The Kier molecular flexibility index (Phi) is 4.63. The molecule has 3 nitrogen and oxygen atoms in total. The first kappa shape index (κ1) is 16.7. The van der Waals surface area contributed by atoms with Crippen molar-refractivity contribution in [3.05, 3.63) is 83.8 Å². The number of fused-ring (bicyclic) bond motifs is 1. The van der Waals surface area contributed by atoms with E-state index in [1.54, 1.807) is 31.0 Å². The molecule has 4 aromatic rings. The van der Waals surface area contributed by atoms with Crippen LogP contribution in [0, 0.1) is 5.82 Å². The van der Waals surface area contributed by atoms with Crippen LogP contribution in [0.1, 0.15) is 11.3 Å². The van der Waals surface area contributed by atoms with Gasteiger partial charge in [0.15, 0.2) is 0 Å². The number of aromatic amines is 1. The van der Waals surface area contributed by atoms with Crippen molar-refractivity contribution in [2.75, 3.05) is 7.11 Å². The van der Waals surface area contributed by atoms with Gasteiger partial charge < -0.3 is 4.74 Å². The molecule has 5 heteroatoms. The van der Waals surface area contributed by atoms with Gasteiger partial charge in [0.25, 0.3) is 0 Å². The fraction of sp³-hybridized carbons (Fsp3) is 0.0952. The minimum absolute atomic E-state index is 0.221. The van der Waals surface area contributed by atoms with Crippen LogP contribution in [0.2, 0.25) is 0 Å². The second-order valence-electron chi connectivity index (χ2n) is 5.96. The van der Waals surface area contributed by atoms with Gasteiger partial charge in [0.1, 0.15) is 11.6 Å². The molecule has 0 bridgehead atoms. The van der Waals surface area contributed by atoms with Crippen LogP contribution in [0.3, 0.4) is 0 Å². The third kappa shape index (κ3) is 3.58. The molecule has 1 N–H and O–H groups in total. The molecule has 4 rings (SSSR count). The molecule has 0 aliphatic heterocycles. The van der Waals surface area contributed by atoms with E-state index < -0.39 is 0 Å². The number of hydrogen-bond donors (Lipinski definition) is 1. The molecule has 3 aromatic carbocycles. The summed E-state index contributed by atoms with van der Waals surface area (Å²) in [4.78, 5) is 2.09. The van der Waals surface area contributed by atoms with E-state index in [9.17, 15) is 4.39 Å². The van der Waals surface area contributed by atoms with E-state index in [1.165, 1.54) is 17.7 Å². The number of benzene rings is 3. The number of nitrogens with one attached hydrogen (secondary N) is 1. The maximum atomic E-state index is 13.0. The molecule has 1 aromatic heterocycles. The molecule has 0 amide bonds. The van der Waals surface area contributed by atoms with Crippen molar-refractivity contribution in [3.8, 4) is 5.75 Å². The van der Waals surface area contributed by atoms with E-state index in [0.29, 0.717) is 0 Å². The maximum Gasteiger partial charge on any atom is 0.123 e. The summed E-state index contributed by atoms with van der Waals surface area (Å²) in [5.41, 5.74) is 3.20. The normalized spacial score (nSPS) is 11.0. The summed E-state index contributed by atoms with van der Waals surface area (Å²) in [6.07, 6.45) is 0.758. The summed E-state index contributed by atoms with van der Waals surface area (Å²) in [5, 5.41) is 8.71. The number of halogens is 1. The topological polar surface area (TPSA) is 37.9 Å². The van der Waals surface area contributed by atoms with Gasteiger partial charge in [0.05, 0.1) is 18.3 Å². The van der Waals surface area contributed by atoms with Crippen molar-refractivity contribution < 1.29 is 9.13 Å². The van der Waals surface area contributed by atoms with Gasteiger partial charge >= 0.3 is 0 Å². The van der Waals surface area contributed by atoms with Gasteiger partial charge in [-0.1, -0.05) is 23.9 Å². The van der Waals surface area contributed by atoms with Crippen molar-refractivity contribution in [2.45, 2.75) is 16.2 Å². The van der Waals surface area contributed by atoms with Gasteiger partial charge in [-0.3, -0.25) is 5.10 Å². The van der Waals surface area contributed by atoms with Gasteiger partial charge in [0.2, 0.25) is 0 Å². The van der Waals surface area contributed by atoms with Crippen LogP contribution in [-0.2, 0) is 6.42 Å². The maximum absolute atomic E-state index is 13.0. The quantitative estimate of drug-likeness (QED) is 0.511. The Morgan fingerprint density at radius 2 is 1.69 bits per heavy atom. The molecule has 0 spiro atoms. The first-order valence-corrected chi connectivity index (χ1v) is 9.06. The molecule has 1 heterocycles. The second-order valence-corrected chi connectivity index (χ2v) is 7.11. The van der Waals surface area contributed by atoms with E-state index in [4.69, 9.17) is 4.74 Å². The Morgan fingerprint density at radius 1 is 0.962 bits per heavy atom. The summed E-state index contributed by atoms with van der Waals surface area (Å²) in [5.74, 6) is 0.629. The molecule has 0 saturated carbocycles. The van der Waals surface area contributed by atoms with Crippen molar-refractivity contribution in [1.29, 1.82) is 0 Å². The zero-order valence-corrected chi connectivity index (χ0v) is 15.0. The number of methoxy groups -OCH3 is 1. The Hall–Kier alpha value is -2.79. The average molecular weight is 364 g/mol. The van der Waals surface area contributed by atoms with E-state index in [2.05, 4.69) is 40.5 Å². The Morgan fingerprint density at radius 3 is 2.42 bits per heavy atom. The molecule has 130 valence electrons. The third-order valence-electron chi connectivity index (χ3n) is 4.19. The Labute approximate surface area is 155 Å². The zero-order valence-electron chi connectivity index (χ0n) is 14.2. The van der Waals surface area contributed by atoms with E-state index in [1.807, 2.05) is 12.1 Å². The van der Waals surface area contributed by atoms with Gasteiger partial charge in [-0.05, 0) is 60.2 Å². The minimum atomic E-state index is -0.221. The van der Waals surface area contributed by atoms with Crippen LogP contribution >= 0.6 is 11.8 Å². The lowest BCUT2D eigenvalue weighted by molar-refractivity contribution is 0.414. The molecule has 0 aliphatic rings. The lowest BCUT2D eigenvalue weighted by Gasteiger charge is -2.03. The summed E-state index contributed by atoms with van der Waals surface area (Å²) < 4.78 is 18.2. The number of aromatic nitrogens is 2. The molecule has 0 fully saturated rings. The first-order chi connectivity index (χ1) is 12.7. The van der Waals surface area contributed by atoms with Gasteiger partial charge in [-0.15, -0.1) is 0 Å². The van der Waals surface area contributed by atoms with Crippen molar-refractivity contribution in [3.63, 3.8) is 0 Å². The van der Waals surface area contributed by atoms with Crippen LogP contribution in [0.4, 0.5) is 4.39 Å². The molecule has 0 radical (unpaired) electrons. The highest BCUT2D eigenvalue weighted by atomic mass is 32.2. The largest absolute Gasteiger partial charge is 0.497 e. The number of hydrogen-bond acceptors (Lipinski definition) is 3. The fourth-order valence-electron chi connectivity index (χ4n) is 2.83. The zero-order chi connectivity index (χ0) is 17.9. The highest BCUT2D eigenvalue weighted by molar-refractivity contribution is 7.99.